The van der Waals surface area contributed by atoms with Crippen molar-refractivity contribution >= 4 is 17.5 Å². The number of carbonyl (C=O) groups excluding carboxylic acids is 1. The van der Waals surface area contributed by atoms with E-state index in [1.165, 1.54) is 12.8 Å². The van der Waals surface area contributed by atoms with Gasteiger partial charge in [0.05, 0.1) is 6.04 Å². The fourth-order valence-corrected chi connectivity index (χ4v) is 2.05. The zero-order valence-corrected chi connectivity index (χ0v) is 11.3. The second-order valence-corrected chi connectivity index (χ2v) is 5.26. The molecule has 1 aromatic carbocycles. The van der Waals surface area contributed by atoms with Gasteiger partial charge in [-0.1, -0.05) is 23.7 Å². The Bertz CT molecular complexity index is 418. The molecule has 1 saturated carbocycles. The number of carbonyl (C=O) groups is 1. The van der Waals surface area contributed by atoms with Crippen LogP contribution in [0.5, 0.6) is 0 Å². The Morgan fingerprint density at radius 1 is 1.50 bits per heavy atom. The van der Waals surface area contributed by atoms with Crippen LogP contribution in [0.3, 0.4) is 0 Å². The third-order valence-electron chi connectivity index (χ3n) is 3.09. The van der Waals surface area contributed by atoms with Gasteiger partial charge in [0.15, 0.2) is 0 Å². The molecule has 0 heterocycles. The van der Waals surface area contributed by atoms with Crippen molar-refractivity contribution in [1.29, 1.82) is 0 Å². The van der Waals surface area contributed by atoms with Crippen molar-refractivity contribution in [2.75, 3.05) is 6.54 Å². The fourth-order valence-electron chi connectivity index (χ4n) is 1.85. The first-order valence-corrected chi connectivity index (χ1v) is 6.81. The van der Waals surface area contributed by atoms with Crippen molar-refractivity contribution in [2.24, 2.45) is 0 Å². The monoisotopic (exact) mass is 266 g/mol. The fraction of sp³-hybridized carbons (Fsp3) is 0.500. The van der Waals surface area contributed by atoms with E-state index >= 15 is 0 Å². The first kappa shape index (κ1) is 13.4. The van der Waals surface area contributed by atoms with Gasteiger partial charge in [0.1, 0.15) is 0 Å². The van der Waals surface area contributed by atoms with Crippen LogP contribution >= 0.6 is 11.6 Å². The Kier molecular flexibility index (Phi) is 4.61. The smallest absolute Gasteiger partial charge is 0.221 e. The zero-order valence-electron chi connectivity index (χ0n) is 10.6. The first-order valence-electron chi connectivity index (χ1n) is 6.43. The molecule has 0 bridgehead atoms. The van der Waals surface area contributed by atoms with Gasteiger partial charge < -0.3 is 10.6 Å². The SMILES string of the molecule is C[C@H](NC(=O)CCNC1CC1)c1cccc(Cl)c1. The Hall–Kier alpha value is -1.06. The third-order valence-corrected chi connectivity index (χ3v) is 3.32. The second-order valence-electron chi connectivity index (χ2n) is 4.82. The zero-order chi connectivity index (χ0) is 13.0. The van der Waals surface area contributed by atoms with Gasteiger partial charge in [0, 0.05) is 24.0 Å². The molecule has 2 N–H and O–H groups in total. The summed E-state index contributed by atoms with van der Waals surface area (Å²) in [7, 11) is 0. The van der Waals surface area contributed by atoms with Crippen molar-refractivity contribution in [1.82, 2.24) is 10.6 Å². The summed E-state index contributed by atoms with van der Waals surface area (Å²) < 4.78 is 0. The topological polar surface area (TPSA) is 41.1 Å². The summed E-state index contributed by atoms with van der Waals surface area (Å²) in [5.74, 6) is 0.0793. The largest absolute Gasteiger partial charge is 0.350 e. The van der Waals surface area contributed by atoms with E-state index in [-0.39, 0.29) is 11.9 Å². The molecule has 98 valence electrons. The predicted molar refractivity (Wildman–Crippen MR) is 73.7 cm³/mol. The number of nitrogens with one attached hydrogen (secondary N) is 2. The minimum atomic E-state index is -0.00266. The highest BCUT2D eigenvalue weighted by molar-refractivity contribution is 6.30. The average molecular weight is 267 g/mol. The average Bonchev–Trinajstić information content (AvgIpc) is 3.13. The number of hydrogen-bond acceptors (Lipinski definition) is 2. The number of benzene rings is 1. The van der Waals surface area contributed by atoms with E-state index in [0.29, 0.717) is 17.5 Å². The second kappa shape index (κ2) is 6.21. The summed E-state index contributed by atoms with van der Waals surface area (Å²) in [5.41, 5.74) is 1.03. The highest BCUT2D eigenvalue weighted by atomic mass is 35.5. The van der Waals surface area contributed by atoms with E-state index in [4.69, 9.17) is 11.6 Å². The summed E-state index contributed by atoms with van der Waals surface area (Å²) in [6.07, 6.45) is 3.03. The molecule has 1 aliphatic carbocycles. The maximum atomic E-state index is 11.7. The van der Waals surface area contributed by atoms with Crippen LogP contribution in [0.15, 0.2) is 24.3 Å². The van der Waals surface area contributed by atoms with Crippen LogP contribution in [-0.4, -0.2) is 18.5 Å². The standard InChI is InChI=1S/C14H19ClN2O/c1-10(11-3-2-4-12(15)9-11)17-14(18)7-8-16-13-5-6-13/h2-4,9-10,13,16H,5-8H2,1H3,(H,17,18)/t10-/m0/s1. The lowest BCUT2D eigenvalue weighted by molar-refractivity contribution is -0.121. The van der Waals surface area contributed by atoms with Crippen molar-refractivity contribution in [3.8, 4) is 0 Å². The van der Waals surface area contributed by atoms with E-state index < -0.39 is 0 Å². The molecule has 0 aliphatic heterocycles. The van der Waals surface area contributed by atoms with Gasteiger partial charge in [-0.15, -0.1) is 0 Å². The lowest BCUT2D eigenvalue weighted by Gasteiger charge is -2.14. The molecule has 0 radical (unpaired) electrons. The van der Waals surface area contributed by atoms with Gasteiger partial charge in [-0.05, 0) is 37.5 Å². The molecule has 4 heteroatoms. The Morgan fingerprint density at radius 3 is 2.94 bits per heavy atom. The van der Waals surface area contributed by atoms with E-state index in [0.717, 1.165) is 12.1 Å². The van der Waals surface area contributed by atoms with Gasteiger partial charge in [-0.2, -0.15) is 0 Å². The molecule has 0 spiro atoms. The quantitative estimate of drug-likeness (QED) is 0.831. The molecule has 1 atom stereocenters. The number of rotatable bonds is 6. The van der Waals surface area contributed by atoms with Gasteiger partial charge in [-0.3, -0.25) is 4.79 Å². The molecule has 1 aliphatic rings. The molecule has 1 aromatic rings. The van der Waals surface area contributed by atoms with Crippen LogP contribution in [0.2, 0.25) is 5.02 Å². The molecule has 0 aromatic heterocycles. The molecule has 18 heavy (non-hydrogen) atoms. The van der Waals surface area contributed by atoms with Crippen LogP contribution in [0.1, 0.15) is 37.8 Å². The van der Waals surface area contributed by atoms with Crippen molar-refractivity contribution < 1.29 is 4.79 Å². The maximum Gasteiger partial charge on any atom is 0.221 e. The summed E-state index contributed by atoms with van der Waals surface area (Å²) >= 11 is 5.93. The summed E-state index contributed by atoms with van der Waals surface area (Å²) in [6, 6.07) is 8.24. The summed E-state index contributed by atoms with van der Waals surface area (Å²) in [4.78, 5) is 11.7. The number of amides is 1. The highest BCUT2D eigenvalue weighted by Gasteiger charge is 2.20. The van der Waals surface area contributed by atoms with Gasteiger partial charge in [0.2, 0.25) is 5.91 Å². The lowest BCUT2D eigenvalue weighted by Crippen LogP contribution is -2.30. The van der Waals surface area contributed by atoms with Crippen molar-refractivity contribution in [2.45, 2.75) is 38.3 Å². The van der Waals surface area contributed by atoms with Crippen molar-refractivity contribution in [3.63, 3.8) is 0 Å². The van der Waals surface area contributed by atoms with Crippen molar-refractivity contribution in [3.05, 3.63) is 34.9 Å². The first-order chi connectivity index (χ1) is 8.65. The Balaban J connectivity index is 1.75. The summed E-state index contributed by atoms with van der Waals surface area (Å²) in [6.45, 7) is 2.73. The number of hydrogen-bond donors (Lipinski definition) is 2. The van der Waals surface area contributed by atoms with Gasteiger partial charge >= 0.3 is 0 Å². The molecule has 2 rings (SSSR count). The normalized spacial score (nSPS) is 16.3. The minimum absolute atomic E-state index is 0.00266. The van der Waals surface area contributed by atoms with E-state index in [2.05, 4.69) is 10.6 Å². The molecule has 0 saturated heterocycles. The molecular formula is C14H19ClN2O. The highest BCUT2D eigenvalue weighted by Crippen LogP contribution is 2.19. The minimum Gasteiger partial charge on any atom is -0.350 e. The molecule has 0 unspecified atom stereocenters. The summed E-state index contributed by atoms with van der Waals surface area (Å²) in [5, 5.41) is 7.01. The molecular weight excluding hydrogens is 248 g/mol. The lowest BCUT2D eigenvalue weighted by atomic mass is 10.1. The van der Waals surface area contributed by atoms with Crippen LogP contribution in [0.25, 0.3) is 0 Å². The van der Waals surface area contributed by atoms with E-state index in [9.17, 15) is 4.79 Å². The Morgan fingerprint density at radius 2 is 2.28 bits per heavy atom. The molecule has 1 fully saturated rings. The molecule has 1 amide bonds. The predicted octanol–water partition coefficient (Wildman–Crippen LogP) is 2.66. The van der Waals surface area contributed by atoms with Crippen LogP contribution in [0.4, 0.5) is 0 Å². The van der Waals surface area contributed by atoms with Crippen LogP contribution < -0.4 is 10.6 Å². The number of halogens is 1. The van der Waals surface area contributed by atoms with Crippen LogP contribution in [-0.2, 0) is 4.79 Å². The van der Waals surface area contributed by atoms with E-state index in [1.54, 1.807) is 0 Å². The Labute approximate surface area is 113 Å². The molecule has 3 nitrogen and oxygen atoms in total. The maximum absolute atomic E-state index is 11.7. The third kappa shape index (κ3) is 4.31. The van der Waals surface area contributed by atoms with E-state index in [1.807, 2.05) is 31.2 Å². The van der Waals surface area contributed by atoms with Crippen LogP contribution in [0, 0.1) is 0 Å². The van der Waals surface area contributed by atoms with Gasteiger partial charge in [-0.25, -0.2) is 0 Å². The van der Waals surface area contributed by atoms with Gasteiger partial charge in [0.25, 0.3) is 0 Å².